The number of hydrogen-bond acceptors (Lipinski definition) is 7. The van der Waals surface area contributed by atoms with Crippen molar-refractivity contribution in [3.8, 4) is 5.75 Å². The molecule has 2 amide bonds. The first-order valence-electron chi connectivity index (χ1n) is 11.7. The molecular weight excluding hydrogens is 462 g/mol. The van der Waals surface area contributed by atoms with Gasteiger partial charge in [-0.05, 0) is 36.6 Å². The molecule has 36 heavy (non-hydrogen) atoms. The molecule has 0 aliphatic carbocycles. The van der Waals surface area contributed by atoms with E-state index in [1.165, 1.54) is 10.9 Å². The summed E-state index contributed by atoms with van der Waals surface area (Å²) in [6, 6.07) is 14.3. The number of rotatable bonds is 12. The van der Waals surface area contributed by atoms with Gasteiger partial charge >= 0.3 is 0 Å². The summed E-state index contributed by atoms with van der Waals surface area (Å²) in [5.74, 6) is -0.357. The second-order valence-electron chi connectivity index (χ2n) is 8.65. The van der Waals surface area contributed by atoms with Crippen LogP contribution >= 0.6 is 0 Å². The van der Waals surface area contributed by atoms with Crippen LogP contribution in [-0.4, -0.2) is 64.5 Å². The molecule has 3 aromatic rings. The highest BCUT2D eigenvalue weighted by atomic mass is 16.6. The summed E-state index contributed by atoms with van der Waals surface area (Å²) in [5, 5.41) is 13.3. The summed E-state index contributed by atoms with van der Waals surface area (Å²) in [4.78, 5) is 39.4. The summed E-state index contributed by atoms with van der Waals surface area (Å²) in [7, 11) is 1.57. The summed E-state index contributed by atoms with van der Waals surface area (Å²) >= 11 is 0. The normalized spacial score (nSPS) is 16.9. The molecule has 0 saturated carbocycles. The fraction of sp³-hybridized carbons (Fsp3) is 0.346. The minimum atomic E-state index is -0.928. The van der Waals surface area contributed by atoms with Crippen molar-refractivity contribution in [2.75, 3.05) is 13.7 Å². The maximum Gasteiger partial charge on any atom is 0.245 e. The Balaban J connectivity index is 1.52. The van der Waals surface area contributed by atoms with Crippen LogP contribution in [0.3, 0.4) is 0 Å². The van der Waals surface area contributed by atoms with Gasteiger partial charge in [0.25, 0.3) is 0 Å². The van der Waals surface area contributed by atoms with Crippen LogP contribution in [0, 0.1) is 0 Å². The number of ketones is 1. The minimum absolute atomic E-state index is 0.183. The van der Waals surface area contributed by atoms with Gasteiger partial charge in [-0.15, -0.1) is 5.10 Å². The second kappa shape index (κ2) is 11.6. The molecule has 4 atom stereocenters. The Morgan fingerprint density at radius 1 is 1.00 bits per heavy atom. The van der Waals surface area contributed by atoms with Crippen molar-refractivity contribution in [2.45, 2.75) is 44.0 Å². The molecule has 0 radical (unpaired) electrons. The van der Waals surface area contributed by atoms with Gasteiger partial charge in [-0.2, -0.15) is 0 Å². The third-order valence-corrected chi connectivity index (χ3v) is 6.04. The Morgan fingerprint density at radius 3 is 2.25 bits per heavy atom. The molecular formula is C26H29N5O5. The third kappa shape index (κ3) is 6.54. The predicted octanol–water partition coefficient (Wildman–Crippen LogP) is 1.27. The van der Waals surface area contributed by atoms with Crippen molar-refractivity contribution in [3.05, 3.63) is 78.1 Å². The van der Waals surface area contributed by atoms with Gasteiger partial charge in [0, 0.05) is 12.6 Å². The zero-order valence-electron chi connectivity index (χ0n) is 20.2. The third-order valence-electron chi connectivity index (χ3n) is 6.04. The number of carbonyl (C=O) groups excluding carboxylic acids is 3. The van der Waals surface area contributed by atoms with Gasteiger partial charge in [-0.3, -0.25) is 14.4 Å². The highest BCUT2D eigenvalue weighted by molar-refractivity contribution is 5.96. The van der Waals surface area contributed by atoms with E-state index in [-0.39, 0.29) is 12.2 Å². The molecule has 10 heteroatoms. The van der Waals surface area contributed by atoms with Gasteiger partial charge in [0.2, 0.25) is 11.8 Å². The van der Waals surface area contributed by atoms with Crippen LogP contribution in [0.15, 0.2) is 67.0 Å². The number of nitrogens with one attached hydrogen (secondary N) is 2. The molecule has 0 spiro atoms. The van der Waals surface area contributed by atoms with Gasteiger partial charge in [-0.1, -0.05) is 47.7 Å². The topological polar surface area (TPSA) is 128 Å². The molecule has 2 aromatic carbocycles. The molecule has 188 valence electrons. The number of ether oxygens (including phenoxy) is 2. The average Bonchev–Trinajstić information content (AvgIpc) is 3.61. The van der Waals surface area contributed by atoms with Crippen LogP contribution in [0.5, 0.6) is 5.75 Å². The van der Waals surface area contributed by atoms with Crippen LogP contribution in [0.2, 0.25) is 0 Å². The second-order valence-corrected chi connectivity index (χ2v) is 8.65. The highest BCUT2D eigenvalue weighted by Crippen LogP contribution is 2.17. The number of aromatic nitrogens is 3. The van der Waals surface area contributed by atoms with Gasteiger partial charge in [0.15, 0.2) is 5.78 Å². The van der Waals surface area contributed by atoms with E-state index in [0.29, 0.717) is 18.8 Å². The molecule has 10 nitrogen and oxygen atoms in total. The van der Waals surface area contributed by atoms with Crippen molar-refractivity contribution in [1.82, 2.24) is 25.6 Å². The van der Waals surface area contributed by atoms with Crippen molar-refractivity contribution < 1.29 is 23.9 Å². The first-order valence-corrected chi connectivity index (χ1v) is 11.7. The van der Waals surface area contributed by atoms with Gasteiger partial charge in [0.05, 0.1) is 26.0 Å². The number of carbonyl (C=O) groups is 3. The van der Waals surface area contributed by atoms with Crippen LogP contribution < -0.4 is 15.4 Å². The zero-order chi connectivity index (χ0) is 25.5. The monoisotopic (exact) mass is 491 g/mol. The molecule has 1 fully saturated rings. The van der Waals surface area contributed by atoms with Crippen LogP contribution in [-0.2, 0) is 32.0 Å². The molecule has 0 bridgehead atoms. The largest absolute Gasteiger partial charge is 0.497 e. The van der Waals surface area contributed by atoms with E-state index in [1.807, 2.05) is 42.5 Å². The zero-order valence-corrected chi connectivity index (χ0v) is 20.2. The van der Waals surface area contributed by atoms with E-state index in [4.69, 9.17) is 9.47 Å². The minimum Gasteiger partial charge on any atom is -0.497 e. The SMILES string of the molecule is COc1ccc(C[C@H](NC(=O)[C@H](C)n2ccnn2)C(=O)N[C@@H](Cc2ccccc2)C(=O)[C@H]2CO2)cc1. The van der Waals surface area contributed by atoms with E-state index < -0.39 is 36.0 Å². The van der Waals surface area contributed by atoms with Crippen molar-refractivity contribution in [1.29, 1.82) is 0 Å². The number of hydrogen-bond donors (Lipinski definition) is 2. The molecule has 1 aliphatic rings. The molecule has 1 aliphatic heterocycles. The molecule has 2 N–H and O–H groups in total. The Labute approximate surface area is 209 Å². The molecule has 0 unspecified atom stereocenters. The first kappa shape index (κ1) is 25.1. The number of amides is 2. The predicted molar refractivity (Wildman–Crippen MR) is 130 cm³/mol. The average molecular weight is 492 g/mol. The first-order chi connectivity index (χ1) is 17.4. The lowest BCUT2D eigenvalue weighted by Crippen LogP contribution is -2.54. The number of nitrogens with zero attached hydrogens (tertiary/aromatic N) is 3. The van der Waals surface area contributed by atoms with Crippen LogP contribution in [0.25, 0.3) is 0 Å². The molecule has 1 saturated heterocycles. The number of epoxide rings is 1. The Bertz CT molecular complexity index is 1160. The van der Waals surface area contributed by atoms with Crippen LogP contribution in [0.4, 0.5) is 0 Å². The summed E-state index contributed by atoms with van der Waals surface area (Å²) in [5.41, 5.74) is 1.73. The number of Topliss-reactive ketones (excluding diaryl/α,β-unsaturated/α-hetero) is 1. The Morgan fingerprint density at radius 2 is 1.64 bits per heavy atom. The number of benzene rings is 2. The van der Waals surface area contributed by atoms with Gasteiger partial charge in [-0.25, -0.2) is 4.68 Å². The lowest BCUT2D eigenvalue weighted by atomic mass is 9.99. The van der Waals surface area contributed by atoms with Gasteiger partial charge in [0.1, 0.15) is 23.9 Å². The Kier molecular flexibility index (Phi) is 8.06. The van der Waals surface area contributed by atoms with E-state index in [0.717, 1.165) is 11.1 Å². The number of methoxy groups -OCH3 is 1. The summed E-state index contributed by atoms with van der Waals surface area (Å²) < 4.78 is 11.8. The molecule has 2 heterocycles. The summed E-state index contributed by atoms with van der Waals surface area (Å²) in [6.07, 6.45) is 3.08. The standard InChI is InChI=1S/C26H29N5O5/c1-17(31-13-12-27-30-31)25(33)29-22(15-19-8-10-20(35-2)11-9-19)26(34)28-21(24(32)23-16-36-23)14-18-6-4-3-5-7-18/h3-13,17,21-23H,14-16H2,1-2H3,(H,28,34)(H,29,33)/t17-,21-,22-,23+/m0/s1. The van der Waals surface area contributed by atoms with E-state index in [9.17, 15) is 14.4 Å². The van der Waals surface area contributed by atoms with E-state index >= 15 is 0 Å². The maximum atomic E-state index is 13.5. The van der Waals surface area contributed by atoms with Crippen LogP contribution in [0.1, 0.15) is 24.1 Å². The van der Waals surface area contributed by atoms with E-state index in [1.54, 1.807) is 32.4 Å². The lowest BCUT2D eigenvalue weighted by molar-refractivity contribution is -0.132. The van der Waals surface area contributed by atoms with Gasteiger partial charge < -0.3 is 20.1 Å². The van der Waals surface area contributed by atoms with Crippen molar-refractivity contribution in [3.63, 3.8) is 0 Å². The molecule has 1 aromatic heterocycles. The fourth-order valence-electron chi connectivity index (χ4n) is 3.82. The fourth-order valence-corrected chi connectivity index (χ4v) is 3.82. The molecule has 4 rings (SSSR count). The highest BCUT2D eigenvalue weighted by Gasteiger charge is 2.38. The maximum absolute atomic E-state index is 13.5. The smallest absolute Gasteiger partial charge is 0.245 e. The van der Waals surface area contributed by atoms with Crippen molar-refractivity contribution in [2.24, 2.45) is 0 Å². The van der Waals surface area contributed by atoms with E-state index in [2.05, 4.69) is 20.9 Å². The van der Waals surface area contributed by atoms with Crippen molar-refractivity contribution >= 4 is 17.6 Å². The Hall–Kier alpha value is -4.05. The summed E-state index contributed by atoms with van der Waals surface area (Å²) in [6.45, 7) is 2.01. The lowest BCUT2D eigenvalue weighted by Gasteiger charge is -2.24. The quantitative estimate of drug-likeness (QED) is 0.365.